The Morgan fingerprint density at radius 1 is 1.15 bits per heavy atom. The Labute approximate surface area is 155 Å². The molecule has 0 heterocycles. The molecule has 0 saturated heterocycles. The maximum Gasteiger partial charge on any atom is 0.175 e. The van der Waals surface area contributed by atoms with Gasteiger partial charge in [-0.2, -0.15) is 0 Å². The van der Waals surface area contributed by atoms with E-state index in [4.69, 9.17) is 4.84 Å². The minimum atomic E-state index is -3.19. The van der Waals surface area contributed by atoms with Crippen molar-refractivity contribution in [2.45, 2.75) is 24.7 Å². The highest BCUT2D eigenvalue weighted by Crippen LogP contribution is 2.36. The number of rotatable bonds is 5. The fourth-order valence-corrected chi connectivity index (χ4v) is 3.84. The van der Waals surface area contributed by atoms with Crippen LogP contribution in [0.4, 0.5) is 0 Å². The Bertz CT molecular complexity index is 928. The summed E-state index contributed by atoms with van der Waals surface area (Å²) in [6.45, 7) is 2.46. The Kier molecular flexibility index (Phi) is 5.57. The lowest BCUT2D eigenvalue weighted by atomic mass is 9.79. The normalized spacial score (nSPS) is 18.8. The SMILES string of the molecule is CCON=CC1CCc2ccccc2C1=Cc1ccc(S(C)(=O)=O)cc1. The summed E-state index contributed by atoms with van der Waals surface area (Å²) >= 11 is 0. The van der Waals surface area contributed by atoms with Gasteiger partial charge in [0, 0.05) is 12.2 Å². The average molecular weight is 369 g/mol. The van der Waals surface area contributed by atoms with Crippen LogP contribution >= 0.6 is 0 Å². The van der Waals surface area contributed by atoms with Gasteiger partial charge in [-0.05, 0) is 54.2 Å². The molecule has 4 nitrogen and oxygen atoms in total. The van der Waals surface area contributed by atoms with Crippen molar-refractivity contribution in [1.82, 2.24) is 0 Å². The first-order chi connectivity index (χ1) is 12.5. The van der Waals surface area contributed by atoms with E-state index in [1.165, 1.54) is 23.0 Å². The summed E-state index contributed by atoms with van der Waals surface area (Å²) in [5.41, 5.74) is 4.70. The number of oxime groups is 1. The maximum absolute atomic E-state index is 11.6. The zero-order valence-electron chi connectivity index (χ0n) is 15.1. The molecule has 1 aliphatic rings. The fraction of sp³-hybridized carbons (Fsp3) is 0.286. The van der Waals surface area contributed by atoms with E-state index < -0.39 is 9.84 Å². The van der Waals surface area contributed by atoms with Crippen molar-refractivity contribution < 1.29 is 13.3 Å². The standard InChI is InChI=1S/C21H23NO3S/c1-3-25-22-15-18-11-10-17-6-4-5-7-20(17)21(18)14-16-8-12-19(13-9-16)26(2,23)24/h4-9,12-15,18H,3,10-11H2,1-2H3. The van der Waals surface area contributed by atoms with Crippen LogP contribution in [0.2, 0.25) is 0 Å². The van der Waals surface area contributed by atoms with Gasteiger partial charge in [0.25, 0.3) is 0 Å². The van der Waals surface area contributed by atoms with Gasteiger partial charge >= 0.3 is 0 Å². The van der Waals surface area contributed by atoms with Crippen LogP contribution in [0.3, 0.4) is 0 Å². The Morgan fingerprint density at radius 3 is 2.58 bits per heavy atom. The molecule has 0 radical (unpaired) electrons. The summed E-state index contributed by atoms with van der Waals surface area (Å²) < 4.78 is 23.3. The third-order valence-corrected chi connectivity index (χ3v) is 5.66. The first kappa shape index (κ1) is 18.4. The van der Waals surface area contributed by atoms with Gasteiger partial charge in [0.2, 0.25) is 0 Å². The number of fused-ring (bicyclic) bond motifs is 1. The lowest BCUT2D eigenvalue weighted by Gasteiger charge is -2.25. The molecule has 0 N–H and O–H groups in total. The third kappa shape index (κ3) is 4.22. The Balaban J connectivity index is 2.00. The van der Waals surface area contributed by atoms with Crippen molar-refractivity contribution in [3.05, 3.63) is 65.2 Å². The molecule has 0 aromatic heterocycles. The quantitative estimate of drug-likeness (QED) is 0.586. The number of allylic oxidation sites excluding steroid dienone is 1. The van der Waals surface area contributed by atoms with Gasteiger partial charge in [-0.15, -0.1) is 0 Å². The molecule has 2 aromatic rings. The van der Waals surface area contributed by atoms with E-state index in [0.717, 1.165) is 18.4 Å². The first-order valence-corrected chi connectivity index (χ1v) is 10.6. The summed E-state index contributed by atoms with van der Waals surface area (Å²) in [7, 11) is -3.19. The van der Waals surface area contributed by atoms with E-state index in [1.54, 1.807) is 12.1 Å². The molecule has 1 unspecified atom stereocenters. The predicted octanol–water partition coefficient (Wildman–Crippen LogP) is 4.22. The molecule has 26 heavy (non-hydrogen) atoms. The zero-order chi connectivity index (χ0) is 18.6. The van der Waals surface area contributed by atoms with E-state index in [0.29, 0.717) is 11.5 Å². The smallest absolute Gasteiger partial charge is 0.175 e. The summed E-state index contributed by atoms with van der Waals surface area (Å²) in [4.78, 5) is 5.48. The topological polar surface area (TPSA) is 55.7 Å². The third-order valence-electron chi connectivity index (χ3n) is 4.53. The first-order valence-electron chi connectivity index (χ1n) is 8.74. The lowest BCUT2D eigenvalue weighted by molar-refractivity contribution is 0.159. The van der Waals surface area contributed by atoms with Crippen molar-refractivity contribution in [1.29, 1.82) is 0 Å². The second-order valence-electron chi connectivity index (χ2n) is 6.42. The summed E-state index contributed by atoms with van der Waals surface area (Å²) in [6, 6.07) is 15.4. The molecular weight excluding hydrogens is 346 g/mol. The van der Waals surface area contributed by atoms with Crippen LogP contribution in [0.1, 0.15) is 30.0 Å². The second-order valence-corrected chi connectivity index (χ2v) is 8.43. The number of hydrogen-bond donors (Lipinski definition) is 0. The van der Waals surface area contributed by atoms with Crippen LogP contribution in [0.15, 0.2) is 58.6 Å². The van der Waals surface area contributed by atoms with Crippen molar-refractivity contribution in [3.63, 3.8) is 0 Å². The summed E-state index contributed by atoms with van der Waals surface area (Å²) in [6.07, 6.45) is 7.19. The molecule has 0 aliphatic heterocycles. The minimum Gasteiger partial charge on any atom is -0.396 e. The molecule has 2 aromatic carbocycles. The van der Waals surface area contributed by atoms with Crippen molar-refractivity contribution >= 4 is 27.7 Å². The molecule has 0 spiro atoms. The van der Waals surface area contributed by atoms with Gasteiger partial charge < -0.3 is 4.84 Å². The van der Waals surface area contributed by atoms with Crippen molar-refractivity contribution in [2.24, 2.45) is 11.1 Å². The Hall–Kier alpha value is -2.40. The average Bonchev–Trinajstić information content (AvgIpc) is 2.63. The van der Waals surface area contributed by atoms with Gasteiger partial charge in [-0.3, -0.25) is 0 Å². The van der Waals surface area contributed by atoms with Crippen LogP contribution in [0, 0.1) is 5.92 Å². The van der Waals surface area contributed by atoms with E-state index in [2.05, 4.69) is 29.4 Å². The Morgan fingerprint density at radius 2 is 1.88 bits per heavy atom. The van der Waals surface area contributed by atoms with E-state index in [9.17, 15) is 8.42 Å². The summed E-state index contributed by atoms with van der Waals surface area (Å²) in [5, 5.41) is 4.08. The van der Waals surface area contributed by atoms with Gasteiger partial charge in [0.05, 0.1) is 11.1 Å². The van der Waals surface area contributed by atoms with E-state index >= 15 is 0 Å². The van der Waals surface area contributed by atoms with Gasteiger partial charge in [-0.25, -0.2) is 8.42 Å². The van der Waals surface area contributed by atoms with Gasteiger partial charge in [0.15, 0.2) is 9.84 Å². The van der Waals surface area contributed by atoms with Crippen LogP contribution in [0.5, 0.6) is 0 Å². The molecule has 0 bridgehead atoms. The number of benzene rings is 2. The summed E-state index contributed by atoms with van der Waals surface area (Å²) in [5.74, 6) is 0.172. The molecule has 0 amide bonds. The number of hydrogen-bond acceptors (Lipinski definition) is 4. The second kappa shape index (κ2) is 7.87. The number of nitrogens with zero attached hydrogens (tertiary/aromatic N) is 1. The molecule has 3 rings (SSSR count). The van der Waals surface area contributed by atoms with E-state index in [1.807, 2.05) is 31.3 Å². The van der Waals surface area contributed by atoms with Gasteiger partial charge in [0.1, 0.15) is 6.61 Å². The monoisotopic (exact) mass is 369 g/mol. The van der Waals surface area contributed by atoms with Crippen molar-refractivity contribution in [3.8, 4) is 0 Å². The molecule has 1 atom stereocenters. The van der Waals surface area contributed by atoms with Crippen LogP contribution in [0.25, 0.3) is 11.6 Å². The molecule has 0 saturated carbocycles. The molecule has 5 heteroatoms. The highest BCUT2D eigenvalue weighted by Gasteiger charge is 2.22. The van der Waals surface area contributed by atoms with Crippen LogP contribution < -0.4 is 0 Å². The highest BCUT2D eigenvalue weighted by molar-refractivity contribution is 7.90. The largest absolute Gasteiger partial charge is 0.396 e. The fourth-order valence-electron chi connectivity index (χ4n) is 3.21. The maximum atomic E-state index is 11.6. The molecule has 1 aliphatic carbocycles. The van der Waals surface area contributed by atoms with E-state index in [-0.39, 0.29) is 5.92 Å². The molecule has 0 fully saturated rings. The minimum absolute atomic E-state index is 0.172. The molecule has 136 valence electrons. The van der Waals surface area contributed by atoms with Crippen molar-refractivity contribution in [2.75, 3.05) is 12.9 Å². The number of aryl methyl sites for hydroxylation is 1. The van der Waals surface area contributed by atoms with Crippen LogP contribution in [-0.4, -0.2) is 27.5 Å². The lowest BCUT2D eigenvalue weighted by Crippen LogP contribution is -2.14. The zero-order valence-corrected chi connectivity index (χ0v) is 15.9. The number of sulfone groups is 1. The van der Waals surface area contributed by atoms with Gasteiger partial charge in [-0.1, -0.05) is 47.6 Å². The van der Waals surface area contributed by atoms with Crippen LogP contribution in [-0.2, 0) is 21.1 Å². The predicted molar refractivity (Wildman–Crippen MR) is 106 cm³/mol. The highest BCUT2D eigenvalue weighted by atomic mass is 32.2. The molecular formula is C21H23NO3S.